The molecule has 2 aromatic heterocycles. The van der Waals surface area contributed by atoms with Gasteiger partial charge in [0, 0.05) is 26.6 Å². The summed E-state index contributed by atoms with van der Waals surface area (Å²) in [5.74, 6) is -0.128. The first-order chi connectivity index (χ1) is 14.4. The Kier molecular flexibility index (Phi) is 5.42. The number of aromatic nitrogens is 2. The topological polar surface area (TPSA) is 81.5 Å². The van der Waals surface area contributed by atoms with Gasteiger partial charge >= 0.3 is 5.97 Å². The SMILES string of the molecule is Cc1c(C(=O)O[C@@H](C)C(=O)N(C)Cc2ccccc2)sc2nc3n(c(=O)c12)CCC3. The number of carbonyl (C=O) groups is 2. The third-order valence-corrected chi connectivity index (χ3v) is 6.53. The normalized spacial score (nSPS) is 13.8. The Morgan fingerprint density at radius 3 is 2.77 bits per heavy atom. The first-order valence-electron chi connectivity index (χ1n) is 9.89. The Morgan fingerprint density at radius 1 is 1.30 bits per heavy atom. The smallest absolute Gasteiger partial charge is 0.349 e. The number of carbonyl (C=O) groups excluding carboxylic acids is 2. The summed E-state index contributed by atoms with van der Waals surface area (Å²) in [4.78, 5) is 45.2. The number of nitrogens with zero attached hydrogens (tertiary/aromatic N) is 3. The van der Waals surface area contributed by atoms with Crippen LogP contribution >= 0.6 is 11.3 Å². The highest BCUT2D eigenvalue weighted by Crippen LogP contribution is 2.29. The van der Waals surface area contributed by atoms with E-state index in [0.29, 0.717) is 33.7 Å². The summed E-state index contributed by atoms with van der Waals surface area (Å²) in [6.07, 6.45) is 0.736. The first kappa shape index (κ1) is 20.3. The minimum atomic E-state index is -0.935. The standard InChI is InChI=1S/C22H23N3O4S/c1-13-17-19(23-16-10-7-11-25(16)21(17)27)30-18(13)22(28)29-14(2)20(26)24(3)12-15-8-5-4-6-9-15/h4-6,8-9,14H,7,10-12H2,1-3H3/t14-/m0/s1. The third-order valence-electron chi connectivity index (χ3n) is 5.37. The highest BCUT2D eigenvalue weighted by molar-refractivity contribution is 7.20. The van der Waals surface area contributed by atoms with Crippen molar-refractivity contribution < 1.29 is 14.3 Å². The lowest BCUT2D eigenvalue weighted by molar-refractivity contribution is -0.139. The second-order valence-electron chi connectivity index (χ2n) is 7.55. The molecule has 0 N–H and O–H groups in total. The highest BCUT2D eigenvalue weighted by Gasteiger charge is 2.27. The van der Waals surface area contributed by atoms with Gasteiger partial charge in [-0.15, -0.1) is 11.3 Å². The summed E-state index contributed by atoms with van der Waals surface area (Å²) in [5, 5.41) is 0.470. The Morgan fingerprint density at radius 2 is 2.03 bits per heavy atom. The molecule has 3 aromatic rings. The number of rotatable bonds is 5. The van der Waals surface area contributed by atoms with E-state index >= 15 is 0 Å². The molecular weight excluding hydrogens is 402 g/mol. The van der Waals surface area contributed by atoms with Gasteiger partial charge in [0.25, 0.3) is 11.5 Å². The van der Waals surface area contributed by atoms with Crippen LogP contribution in [0.2, 0.25) is 0 Å². The van der Waals surface area contributed by atoms with Gasteiger partial charge < -0.3 is 9.64 Å². The van der Waals surface area contributed by atoms with E-state index in [1.807, 2.05) is 30.3 Å². The summed E-state index contributed by atoms with van der Waals surface area (Å²) in [6.45, 7) is 4.38. The quantitative estimate of drug-likeness (QED) is 0.587. The zero-order chi connectivity index (χ0) is 21.4. The van der Waals surface area contributed by atoms with Gasteiger partial charge in [-0.1, -0.05) is 30.3 Å². The summed E-state index contributed by atoms with van der Waals surface area (Å²) in [6, 6.07) is 9.60. The van der Waals surface area contributed by atoms with Crippen LogP contribution in [0.4, 0.5) is 0 Å². The Hall–Kier alpha value is -3.00. The van der Waals surface area contributed by atoms with Crippen LogP contribution in [0.3, 0.4) is 0 Å². The van der Waals surface area contributed by atoms with Crippen LogP contribution in [-0.4, -0.2) is 39.5 Å². The molecule has 3 heterocycles. The highest BCUT2D eigenvalue weighted by atomic mass is 32.1. The van der Waals surface area contributed by atoms with E-state index < -0.39 is 12.1 Å². The van der Waals surface area contributed by atoms with E-state index in [1.165, 1.54) is 4.90 Å². The fourth-order valence-electron chi connectivity index (χ4n) is 3.78. The van der Waals surface area contributed by atoms with Crippen LogP contribution in [-0.2, 0) is 29.0 Å². The van der Waals surface area contributed by atoms with Gasteiger partial charge in [-0.3, -0.25) is 14.2 Å². The van der Waals surface area contributed by atoms with Crippen molar-refractivity contribution in [3.63, 3.8) is 0 Å². The van der Waals surface area contributed by atoms with Gasteiger partial charge in [0.1, 0.15) is 15.5 Å². The molecule has 0 unspecified atom stereocenters. The molecule has 4 rings (SSSR count). The average molecular weight is 426 g/mol. The number of hydrogen-bond acceptors (Lipinski definition) is 6. The van der Waals surface area contributed by atoms with Crippen molar-refractivity contribution in [2.75, 3.05) is 7.05 Å². The number of benzene rings is 1. The van der Waals surface area contributed by atoms with E-state index in [-0.39, 0.29) is 11.5 Å². The number of thiophene rings is 1. The van der Waals surface area contributed by atoms with Crippen molar-refractivity contribution in [3.05, 3.63) is 62.5 Å². The van der Waals surface area contributed by atoms with Crippen LogP contribution in [0.1, 0.15) is 40.0 Å². The molecule has 30 heavy (non-hydrogen) atoms. The van der Waals surface area contributed by atoms with Crippen molar-refractivity contribution in [1.82, 2.24) is 14.5 Å². The number of aryl methyl sites for hydroxylation is 2. The molecule has 0 spiro atoms. The van der Waals surface area contributed by atoms with Gasteiger partial charge in [0.05, 0.1) is 5.39 Å². The molecule has 0 radical (unpaired) electrons. The molecule has 1 aliphatic heterocycles. The average Bonchev–Trinajstić information content (AvgIpc) is 3.33. The molecule has 1 aromatic carbocycles. The molecule has 1 atom stereocenters. The number of fused-ring (bicyclic) bond motifs is 2. The molecule has 1 aliphatic rings. The minimum absolute atomic E-state index is 0.105. The van der Waals surface area contributed by atoms with Crippen molar-refractivity contribution in [3.8, 4) is 0 Å². The van der Waals surface area contributed by atoms with Gasteiger partial charge in [-0.25, -0.2) is 9.78 Å². The zero-order valence-corrected chi connectivity index (χ0v) is 18.0. The van der Waals surface area contributed by atoms with Crippen LogP contribution < -0.4 is 5.56 Å². The van der Waals surface area contributed by atoms with Crippen molar-refractivity contribution >= 4 is 33.4 Å². The molecule has 0 saturated carbocycles. The monoisotopic (exact) mass is 425 g/mol. The molecule has 7 nitrogen and oxygen atoms in total. The van der Waals surface area contributed by atoms with Crippen LogP contribution in [0.5, 0.6) is 0 Å². The number of amides is 1. The van der Waals surface area contributed by atoms with Crippen LogP contribution in [0, 0.1) is 6.92 Å². The molecule has 0 bridgehead atoms. The summed E-state index contributed by atoms with van der Waals surface area (Å²) in [5.41, 5.74) is 1.45. The lowest BCUT2D eigenvalue weighted by Gasteiger charge is -2.21. The molecule has 8 heteroatoms. The molecular formula is C22H23N3O4S. The van der Waals surface area contributed by atoms with Gasteiger partial charge in [-0.05, 0) is 31.4 Å². The van der Waals surface area contributed by atoms with Crippen molar-refractivity contribution in [2.45, 2.75) is 45.9 Å². The first-order valence-corrected chi connectivity index (χ1v) is 10.7. The second-order valence-corrected chi connectivity index (χ2v) is 8.55. The predicted octanol–water partition coefficient (Wildman–Crippen LogP) is 2.92. The molecule has 0 aliphatic carbocycles. The lowest BCUT2D eigenvalue weighted by Crippen LogP contribution is -2.37. The predicted molar refractivity (Wildman–Crippen MR) is 115 cm³/mol. The van der Waals surface area contributed by atoms with Crippen LogP contribution in [0.15, 0.2) is 35.1 Å². The number of ether oxygens (including phenoxy) is 1. The summed E-state index contributed by atoms with van der Waals surface area (Å²) in [7, 11) is 1.68. The van der Waals surface area contributed by atoms with E-state index in [9.17, 15) is 14.4 Å². The molecule has 156 valence electrons. The fourth-order valence-corrected chi connectivity index (χ4v) is 4.85. The van der Waals surface area contributed by atoms with Gasteiger partial charge in [0.2, 0.25) is 0 Å². The molecule has 0 saturated heterocycles. The largest absolute Gasteiger partial charge is 0.448 e. The maximum atomic E-state index is 12.8. The summed E-state index contributed by atoms with van der Waals surface area (Å²) < 4.78 is 7.13. The zero-order valence-electron chi connectivity index (χ0n) is 17.2. The second kappa shape index (κ2) is 8.02. The minimum Gasteiger partial charge on any atom is -0.448 e. The summed E-state index contributed by atoms with van der Waals surface area (Å²) >= 11 is 1.15. The molecule has 0 fully saturated rings. The Bertz CT molecular complexity index is 1180. The Labute approximate surface area is 177 Å². The van der Waals surface area contributed by atoms with Crippen molar-refractivity contribution in [1.29, 1.82) is 0 Å². The van der Waals surface area contributed by atoms with E-state index in [0.717, 1.165) is 35.6 Å². The van der Waals surface area contributed by atoms with Crippen LogP contribution in [0.25, 0.3) is 10.2 Å². The maximum Gasteiger partial charge on any atom is 0.349 e. The fraction of sp³-hybridized carbons (Fsp3) is 0.364. The number of hydrogen-bond donors (Lipinski definition) is 0. The van der Waals surface area contributed by atoms with E-state index in [2.05, 4.69) is 4.98 Å². The third kappa shape index (κ3) is 3.63. The Balaban J connectivity index is 1.51. The number of likely N-dealkylation sites (N-methyl/N-ethyl adjacent to an activating group) is 1. The van der Waals surface area contributed by atoms with Gasteiger partial charge in [0.15, 0.2) is 6.10 Å². The van der Waals surface area contributed by atoms with Gasteiger partial charge in [-0.2, -0.15) is 0 Å². The van der Waals surface area contributed by atoms with E-state index in [1.54, 1.807) is 25.5 Å². The van der Waals surface area contributed by atoms with E-state index in [4.69, 9.17) is 4.74 Å². The number of esters is 1. The van der Waals surface area contributed by atoms with Crippen molar-refractivity contribution in [2.24, 2.45) is 0 Å². The molecule has 1 amide bonds. The lowest BCUT2D eigenvalue weighted by atomic mass is 10.2. The maximum absolute atomic E-state index is 12.8.